The fourth-order valence-corrected chi connectivity index (χ4v) is 3.52. The Hall–Kier alpha value is -1.65. The molecule has 1 heterocycles. The lowest BCUT2D eigenvalue weighted by atomic mass is 10.2. The molecule has 0 atom stereocenters. The first-order valence-corrected chi connectivity index (χ1v) is 8.04. The number of nitrogens with zero attached hydrogens (tertiary/aromatic N) is 3. The number of nitrogens with one attached hydrogen (secondary N) is 1. The molecule has 0 fully saturated rings. The highest BCUT2D eigenvalue weighted by atomic mass is 32.2. The molecule has 0 aliphatic carbocycles. The quantitative estimate of drug-likeness (QED) is 0.879. The molecule has 0 spiro atoms. The number of benzene rings is 1. The summed E-state index contributed by atoms with van der Waals surface area (Å²) < 4.78 is 1.58. The van der Waals surface area contributed by atoms with Gasteiger partial charge in [0.2, 0.25) is 0 Å². The van der Waals surface area contributed by atoms with Crippen molar-refractivity contribution in [2.45, 2.75) is 34.8 Å². The van der Waals surface area contributed by atoms with Gasteiger partial charge >= 0.3 is 5.69 Å². The molecule has 7 heteroatoms. The van der Waals surface area contributed by atoms with E-state index in [0.29, 0.717) is 10.7 Å². The zero-order chi connectivity index (χ0) is 14.7. The fourth-order valence-electron chi connectivity index (χ4n) is 1.79. The van der Waals surface area contributed by atoms with Crippen LogP contribution in [0.2, 0.25) is 0 Å². The molecule has 1 aromatic heterocycles. The molecule has 1 aromatic carbocycles. The van der Waals surface area contributed by atoms with Crippen LogP contribution >= 0.6 is 23.5 Å². The van der Waals surface area contributed by atoms with E-state index in [2.05, 4.69) is 16.3 Å². The second-order valence-electron chi connectivity index (χ2n) is 4.32. The Kier molecular flexibility index (Phi) is 4.57. The molecule has 0 saturated heterocycles. The minimum absolute atomic E-state index is 0.0121. The topological polar surface area (TPSA) is 74.5 Å². The summed E-state index contributed by atoms with van der Waals surface area (Å²) in [5.41, 5.74) is 0.387. The molecule has 2 rings (SSSR count). The highest BCUT2D eigenvalue weighted by molar-refractivity contribution is 7.99. The van der Waals surface area contributed by atoms with Crippen LogP contribution in [0.1, 0.15) is 25.5 Å². The van der Waals surface area contributed by atoms with Gasteiger partial charge in [-0.2, -0.15) is 5.26 Å². The number of nitriles is 1. The van der Waals surface area contributed by atoms with Gasteiger partial charge in [-0.15, -0.1) is 16.9 Å². The van der Waals surface area contributed by atoms with Crippen molar-refractivity contribution in [1.29, 1.82) is 5.26 Å². The van der Waals surface area contributed by atoms with Gasteiger partial charge in [-0.3, -0.25) is 4.57 Å². The van der Waals surface area contributed by atoms with Crippen LogP contribution in [0.15, 0.2) is 37.9 Å². The molecule has 5 nitrogen and oxygen atoms in total. The lowest BCUT2D eigenvalue weighted by Crippen LogP contribution is -2.19. The maximum atomic E-state index is 11.7. The number of thioether (sulfide) groups is 1. The second kappa shape index (κ2) is 6.20. The molecule has 0 amide bonds. The minimum atomic E-state index is -0.234. The predicted octanol–water partition coefficient (Wildman–Crippen LogP) is 2.90. The molecule has 2 aromatic rings. The summed E-state index contributed by atoms with van der Waals surface area (Å²) in [4.78, 5) is 13.4. The number of hydrogen-bond acceptors (Lipinski definition) is 5. The minimum Gasteiger partial charge on any atom is -0.267 e. The summed E-state index contributed by atoms with van der Waals surface area (Å²) in [6, 6.07) is 7.92. The Bertz CT molecular complexity index is 712. The van der Waals surface area contributed by atoms with Crippen molar-refractivity contribution >= 4 is 23.5 Å². The number of rotatable bonds is 4. The van der Waals surface area contributed by atoms with Crippen LogP contribution < -0.4 is 5.69 Å². The largest absolute Gasteiger partial charge is 0.344 e. The molecular weight excluding hydrogens is 292 g/mol. The Morgan fingerprint density at radius 1 is 1.40 bits per heavy atom. The van der Waals surface area contributed by atoms with Crippen LogP contribution in [0, 0.1) is 11.3 Å². The van der Waals surface area contributed by atoms with E-state index in [1.165, 1.54) is 23.5 Å². The van der Waals surface area contributed by atoms with Gasteiger partial charge in [-0.1, -0.05) is 6.07 Å². The van der Waals surface area contributed by atoms with E-state index >= 15 is 0 Å². The summed E-state index contributed by atoms with van der Waals surface area (Å²) in [6.45, 7) is 3.84. The maximum absolute atomic E-state index is 11.7. The van der Waals surface area contributed by atoms with Crippen molar-refractivity contribution in [3.8, 4) is 6.07 Å². The van der Waals surface area contributed by atoms with Gasteiger partial charge in [0.05, 0.1) is 5.56 Å². The van der Waals surface area contributed by atoms with Crippen molar-refractivity contribution in [1.82, 2.24) is 14.8 Å². The molecule has 104 valence electrons. The lowest BCUT2D eigenvalue weighted by Gasteiger charge is -2.10. The van der Waals surface area contributed by atoms with Gasteiger partial charge in [0.25, 0.3) is 0 Å². The lowest BCUT2D eigenvalue weighted by molar-refractivity contribution is 0.534. The van der Waals surface area contributed by atoms with Gasteiger partial charge in [0.1, 0.15) is 6.07 Å². The number of aromatic amines is 1. The van der Waals surface area contributed by atoms with E-state index in [0.717, 1.165) is 9.79 Å². The van der Waals surface area contributed by atoms with E-state index in [1.54, 1.807) is 4.57 Å². The smallest absolute Gasteiger partial charge is 0.267 e. The first-order chi connectivity index (χ1) is 9.58. The Morgan fingerprint density at radius 3 is 2.70 bits per heavy atom. The van der Waals surface area contributed by atoms with Gasteiger partial charge in [-0.05, 0) is 44.0 Å². The third-order valence-corrected chi connectivity index (χ3v) is 4.52. The van der Waals surface area contributed by atoms with Crippen LogP contribution in [-0.4, -0.2) is 21.0 Å². The predicted molar refractivity (Wildman–Crippen MR) is 80.3 cm³/mol. The van der Waals surface area contributed by atoms with E-state index < -0.39 is 0 Å². The van der Waals surface area contributed by atoms with E-state index in [1.807, 2.05) is 38.3 Å². The number of H-pyrrole nitrogens is 1. The van der Waals surface area contributed by atoms with Crippen LogP contribution in [-0.2, 0) is 0 Å². The first-order valence-electron chi connectivity index (χ1n) is 6.00. The SMILES string of the molecule is CSc1cccc(Sc2n[nH]c(=O)n2C(C)C)c1C#N. The van der Waals surface area contributed by atoms with Crippen molar-refractivity contribution in [2.24, 2.45) is 0 Å². The number of aromatic nitrogens is 3. The Balaban J connectivity index is 2.46. The molecule has 0 saturated carbocycles. The summed E-state index contributed by atoms with van der Waals surface area (Å²) in [7, 11) is 0. The fraction of sp³-hybridized carbons (Fsp3) is 0.308. The molecule has 0 aliphatic rings. The van der Waals surface area contributed by atoms with Crippen LogP contribution in [0.25, 0.3) is 0 Å². The monoisotopic (exact) mass is 306 g/mol. The molecule has 0 aliphatic heterocycles. The van der Waals surface area contributed by atoms with Crippen LogP contribution in [0.3, 0.4) is 0 Å². The summed E-state index contributed by atoms with van der Waals surface area (Å²) in [5, 5.41) is 16.4. The van der Waals surface area contributed by atoms with Crippen LogP contribution in [0.5, 0.6) is 0 Å². The van der Waals surface area contributed by atoms with Crippen molar-refractivity contribution in [3.05, 3.63) is 34.2 Å². The molecule has 0 bridgehead atoms. The van der Waals surface area contributed by atoms with Gasteiger partial charge < -0.3 is 0 Å². The summed E-state index contributed by atoms with van der Waals surface area (Å²) >= 11 is 2.86. The van der Waals surface area contributed by atoms with Gasteiger partial charge in [0, 0.05) is 15.8 Å². The normalized spacial score (nSPS) is 10.8. The molecule has 1 N–H and O–H groups in total. The van der Waals surface area contributed by atoms with Gasteiger partial charge in [0.15, 0.2) is 5.16 Å². The highest BCUT2D eigenvalue weighted by Crippen LogP contribution is 2.33. The molecule has 20 heavy (non-hydrogen) atoms. The Labute approximate surface area is 125 Å². The summed E-state index contributed by atoms with van der Waals surface area (Å²) in [6.07, 6.45) is 1.93. The maximum Gasteiger partial charge on any atom is 0.344 e. The standard InChI is InChI=1S/C13H14N4OS2/c1-8(2)17-12(18)15-16-13(17)20-11-6-4-5-10(19-3)9(11)7-14/h4-6,8H,1-3H3,(H,15,18). The third-order valence-electron chi connectivity index (χ3n) is 2.71. The Morgan fingerprint density at radius 2 is 2.10 bits per heavy atom. The van der Waals surface area contributed by atoms with Crippen LogP contribution in [0.4, 0.5) is 0 Å². The van der Waals surface area contributed by atoms with E-state index in [9.17, 15) is 10.1 Å². The number of hydrogen-bond donors (Lipinski definition) is 1. The molecule has 0 unspecified atom stereocenters. The van der Waals surface area contributed by atoms with E-state index in [-0.39, 0.29) is 11.7 Å². The molecule has 0 radical (unpaired) electrons. The second-order valence-corrected chi connectivity index (χ2v) is 6.18. The first kappa shape index (κ1) is 14.8. The molecular formula is C13H14N4OS2. The average Bonchev–Trinajstić information content (AvgIpc) is 2.79. The zero-order valence-corrected chi connectivity index (χ0v) is 13.0. The van der Waals surface area contributed by atoms with Crippen molar-refractivity contribution in [3.63, 3.8) is 0 Å². The zero-order valence-electron chi connectivity index (χ0n) is 11.4. The average molecular weight is 306 g/mol. The highest BCUT2D eigenvalue weighted by Gasteiger charge is 2.15. The van der Waals surface area contributed by atoms with E-state index in [4.69, 9.17) is 0 Å². The van der Waals surface area contributed by atoms with Gasteiger partial charge in [-0.25, -0.2) is 9.89 Å². The third kappa shape index (κ3) is 2.76. The van der Waals surface area contributed by atoms with Crippen molar-refractivity contribution in [2.75, 3.05) is 6.26 Å². The van der Waals surface area contributed by atoms with Crippen molar-refractivity contribution < 1.29 is 0 Å². The summed E-state index contributed by atoms with van der Waals surface area (Å²) in [5.74, 6) is 0.